The Labute approximate surface area is 122 Å². The first-order valence-electron chi connectivity index (χ1n) is 5.50. The minimum atomic E-state index is -0.661. The van der Waals surface area contributed by atoms with Crippen LogP contribution in [0, 0.1) is 0 Å². The molecule has 1 aliphatic rings. The maximum atomic E-state index is 12.0. The first-order valence-corrected chi connectivity index (χ1v) is 7.00. The largest absolute Gasteiger partial charge is 0.294 e. The molecule has 19 heavy (non-hydrogen) atoms. The minimum absolute atomic E-state index is 0.0570. The fourth-order valence-corrected chi connectivity index (χ4v) is 2.44. The highest BCUT2D eigenvalue weighted by Crippen LogP contribution is 2.30. The van der Waals surface area contributed by atoms with Gasteiger partial charge in [0.1, 0.15) is 0 Å². The van der Waals surface area contributed by atoms with Crippen LogP contribution in [-0.4, -0.2) is 22.9 Å². The van der Waals surface area contributed by atoms with Crippen molar-refractivity contribution in [2.45, 2.75) is 6.42 Å². The lowest BCUT2D eigenvalue weighted by atomic mass is 9.98. The van der Waals surface area contributed by atoms with Crippen molar-refractivity contribution >= 4 is 50.7 Å². The average Bonchev–Trinajstić information content (AvgIpc) is 2.65. The summed E-state index contributed by atoms with van der Waals surface area (Å²) in [6.45, 7) is 0. The van der Waals surface area contributed by atoms with Crippen LogP contribution in [0.15, 0.2) is 29.8 Å². The predicted molar refractivity (Wildman–Crippen MR) is 74.9 cm³/mol. The van der Waals surface area contributed by atoms with Crippen LogP contribution in [0.4, 0.5) is 0 Å². The molecule has 1 aromatic rings. The number of rotatable bonds is 4. The normalized spacial score (nSPS) is 14.8. The Morgan fingerprint density at radius 2 is 1.89 bits per heavy atom. The lowest BCUT2D eigenvalue weighted by Gasteiger charge is -2.05. The highest BCUT2D eigenvalue weighted by Gasteiger charge is 2.35. The van der Waals surface area contributed by atoms with Gasteiger partial charge in [-0.25, -0.2) is 0 Å². The van der Waals surface area contributed by atoms with E-state index in [9.17, 15) is 14.4 Å². The molecule has 0 atom stereocenters. The molecule has 1 aliphatic heterocycles. The number of alkyl halides is 1. The van der Waals surface area contributed by atoms with Crippen molar-refractivity contribution in [3.8, 4) is 0 Å². The summed E-state index contributed by atoms with van der Waals surface area (Å²) in [7, 11) is 0. The lowest BCUT2D eigenvalue weighted by molar-refractivity contribution is -0.124. The second kappa shape index (κ2) is 5.67. The molecule has 0 fully saturated rings. The molecule has 1 N–H and O–H groups in total. The summed E-state index contributed by atoms with van der Waals surface area (Å²) in [6.07, 6.45) is 0.143. The zero-order chi connectivity index (χ0) is 14.0. The standard InChI is InChI=1S/C13H9BrClNO3/c14-6-5-9(17)11-10(12(18)16-13(11)19)7-3-1-2-4-8(7)15/h1-4H,5-6H2,(H,16,18,19). The molecule has 0 bridgehead atoms. The van der Waals surface area contributed by atoms with E-state index in [0.717, 1.165) is 0 Å². The molecule has 0 saturated carbocycles. The third-order valence-corrected chi connectivity index (χ3v) is 3.40. The molecule has 4 nitrogen and oxygen atoms in total. The molecule has 0 aromatic heterocycles. The first kappa shape index (κ1) is 14.0. The van der Waals surface area contributed by atoms with Crippen LogP contribution in [0.5, 0.6) is 0 Å². The van der Waals surface area contributed by atoms with Crippen LogP contribution in [0.1, 0.15) is 12.0 Å². The SMILES string of the molecule is O=C(CCBr)C1=C(c2ccccc2Cl)C(=O)NC1=O. The summed E-state index contributed by atoms with van der Waals surface area (Å²) in [5.41, 5.74) is 0.338. The molecule has 1 heterocycles. The highest BCUT2D eigenvalue weighted by molar-refractivity contribution is 9.09. The molecule has 0 saturated heterocycles. The predicted octanol–water partition coefficient (Wildman–Crippen LogP) is 2.10. The lowest BCUT2D eigenvalue weighted by Crippen LogP contribution is -2.24. The smallest absolute Gasteiger partial charge is 0.262 e. The van der Waals surface area contributed by atoms with E-state index in [-0.39, 0.29) is 23.4 Å². The van der Waals surface area contributed by atoms with Crippen LogP contribution >= 0.6 is 27.5 Å². The topological polar surface area (TPSA) is 63.2 Å². The van der Waals surface area contributed by atoms with Crippen LogP contribution in [0.25, 0.3) is 5.57 Å². The van der Waals surface area contributed by atoms with Crippen molar-refractivity contribution in [3.05, 3.63) is 40.4 Å². The summed E-state index contributed by atoms with van der Waals surface area (Å²) >= 11 is 9.16. The van der Waals surface area contributed by atoms with Crippen LogP contribution < -0.4 is 5.32 Å². The van der Waals surface area contributed by atoms with Crippen molar-refractivity contribution in [2.24, 2.45) is 0 Å². The van der Waals surface area contributed by atoms with Gasteiger partial charge >= 0.3 is 0 Å². The van der Waals surface area contributed by atoms with Crippen molar-refractivity contribution in [3.63, 3.8) is 0 Å². The Morgan fingerprint density at radius 1 is 1.21 bits per heavy atom. The van der Waals surface area contributed by atoms with Gasteiger partial charge in [-0.2, -0.15) is 0 Å². The number of imide groups is 1. The molecule has 0 spiro atoms. The summed E-state index contributed by atoms with van der Waals surface area (Å²) in [4.78, 5) is 35.5. The van der Waals surface area contributed by atoms with Crippen molar-refractivity contribution in [1.82, 2.24) is 5.32 Å². The zero-order valence-corrected chi connectivity index (χ0v) is 12.0. The molecular formula is C13H9BrClNO3. The highest BCUT2D eigenvalue weighted by atomic mass is 79.9. The first-order chi connectivity index (χ1) is 9.06. The van der Waals surface area contributed by atoms with Gasteiger partial charge < -0.3 is 0 Å². The van der Waals surface area contributed by atoms with E-state index in [1.807, 2.05) is 0 Å². The number of nitrogens with one attached hydrogen (secondary N) is 1. The fourth-order valence-electron chi connectivity index (χ4n) is 1.85. The molecule has 0 radical (unpaired) electrons. The third-order valence-electron chi connectivity index (χ3n) is 2.67. The maximum Gasteiger partial charge on any atom is 0.262 e. The zero-order valence-electron chi connectivity index (χ0n) is 9.70. The van der Waals surface area contributed by atoms with Gasteiger partial charge in [-0.15, -0.1) is 0 Å². The quantitative estimate of drug-likeness (QED) is 0.518. The number of benzene rings is 1. The van der Waals surface area contributed by atoms with Gasteiger partial charge in [0, 0.05) is 22.3 Å². The van der Waals surface area contributed by atoms with E-state index in [1.165, 1.54) is 0 Å². The molecule has 6 heteroatoms. The number of ketones is 1. The molecule has 98 valence electrons. The molecule has 2 rings (SSSR count). The third kappa shape index (κ3) is 2.62. The summed E-state index contributed by atoms with van der Waals surface area (Å²) in [6, 6.07) is 6.61. The van der Waals surface area contributed by atoms with Crippen LogP contribution in [-0.2, 0) is 14.4 Å². The number of carbonyl (C=O) groups excluding carboxylic acids is 3. The van der Waals surface area contributed by atoms with Crippen molar-refractivity contribution < 1.29 is 14.4 Å². The van der Waals surface area contributed by atoms with Crippen LogP contribution in [0.2, 0.25) is 5.02 Å². The second-order valence-electron chi connectivity index (χ2n) is 3.88. The molecule has 0 unspecified atom stereocenters. The van der Waals surface area contributed by atoms with E-state index in [2.05, 4.69) is 21.2 Å². The molecule has 0 aliphatic carbocycles. The van der Waals surface area contributed by atoms with Gasteiger partial charge in [-0.3, -0.25) is 19.7 Å². The Balaban J connectivity index is 2.60. The number of hydrogen-bond acceptors (Lipinski definition) is 3. The molecular weight excluding hydrogens is 334 g/mol. The van der Waals surface area contributed by atoms with Gasteiger partial charge in [0.05, 0.1) is 11.1 Å². The molecule has 1 aromatic carbocycles. The van der Waals surface area contributed by atoms with E-state index >= 15 is 0 Å². The van der Waals surface area contributed by atoms with Gasteiger partial charge in [0.25, 0.3) is 11.8 Å². The van der Waals surface area contributed by atoms with E-state index in [0.29, 0.717) is 15.9 Å². The van der Waals surface area contributed by atoms with Crippen LogP contribution in [0.3, 0.4) is 0 Å². The van der Waals surface area contributed by atoms with E-state index in [1.54, 1.807) is 24.3 Å². The number of amides is 2. The minimum Gasteiger partial charge on any atom is -0.294 e. The van der Waals surface area contributed by atoms with Crippen molar-refractivity contribution in [1.29, 1.82) is 0 Å². The van der Waals surface area contributed by atoms with Gasteiger partial charge in [-0.1, -0.05) is 45.7 Å². The van der Waals surface area contributed by atoms with Crippen molar-refractivity contribution in [2.75, 3.05) is 5.33 Å². The summed E-state index contributed by atoms with van der Waals surface area (Å²) in [5.74, 6) is -1.63. The van der Waals surface area contributed by atoms with E-state index in [4.69, 9.17) is 11.6 Å². The number of hydrogen-bond donors (Lipinski definition) is 1. The average molecular weight is 343 g/mol. The Bertz CT molecular complexity index is 610. The Hall–Kier alpha value is -1.46. The monoisotopic (exact) mass is 341 g/mol. The maximum absolute atomic E-state index is 12.0. The van der Waals surface area contributed by atoms with Gasteiger partial charge in [-0.05, 0) is 6.07 Å². The fraction of sp³-hybridized carbons (Fsp3) is 0.154. The number of Topliss-reactive ketones (excluding diaryl/α,β-unsaturated/α-hetero) is 1. The second-order valence-corrected chi connectivity index (χ2v) is 5.08. The van der Waals surface area contributed by atoms with Gasteiger partial charge in [0.15, 0.2) is 5.78 Å². The number of carbonyl (C=O) groups is 3. The van der Waals surface area contributed by atoms with E-state index < -0.39 is 11.8 Å². The number of halogens is 2. The summed E-state index contributed by atoms with van der Waals surface area (Å²) < 4.78 is 0. The van der Waals surface area contributed by atoms with Gasteiger partial charge in [0.2, 0.25) is 0 Å². The summed E-state index contributed by atoms with van der Waals surface area (Å²) in [5, 5.41) is 2.88. The molecule has 2 amide bonds. The Kier molecular flexibility index (Phi) is 4.17. The Morgan fingerprint density at radius 3 is 2.53 bits per heavy atom.